The summed E-state index contributed by atoms with van der Waals surface area (Å²) < 4.78 is 18.7. The maximum atomic E-state index is 13.2. The number of hydrogen-bond donors (Lipinski definition) is 1. The molecule has 0 saturated heterocycles. The Morgan fingerprint density at radius 2 is 2.21 bits per heavy atom. The average molecular weight is 283 g/mol. The van der Waals surface area contributed by atoms with Crippen LogP contribution in [0.1, 0.15) is 12.5 Å². The zero-order chi connectivity index (χ0) is 9.84. The molecule has 0 atom stereocenters. The predicted octanol–water partition coefficient (Wildman–Crippen LogP) is 3.37. The van der Waals surface area contributed by atoms with Gasteiger partial charge in [0.15, 0.2) is 0 Å². The van der Waals surface area contributed by atoms with Crippen LogP contribution in [0.5, 0.6) is 0 Å². The quantitative estimate of drug-likeness (QED) is 0.655. The maximum absolute atomic E-state index is 13.2. The van der Waals surface area contributed by atoms with E-state index in [1.807, 2.05) is 0 Å². The van der Waals surface area contributed by atoms with Crippen LogP contribution in [0.15, 0.2) is 22.7 Å². The Hall–Kier alpha value is -0.610. The fourth-order valence-corrected chi connectivity index (χ4v) is 1.23. The third-order valence-corrected chi connectivity index (χ3v) is 1.96. The normalized spacial score (nSPS) is 9.07. The lowest BCUT2D eigenvalue weighted by atomic mass is 10.2. The van der Waals surface area contributed by atoms with Crippen molar-refractivity contribution >= 4 is 34.2 Å². The largest absolute Gasteiger partial charge is 0.478 e. The molecule has 0 radical (unpaired) electrons. The molecule has 0 spiro atoms. The lowest BCUT2D eigenvalue weighted by Crippen LogP contribution is -2.06. The number of halogens is 3. The summed E-state index contributed by atoms with van der Waals surface area (Å²) in [7, 11) is 0. The van der Waals surface area contributed by atoms with E-state index in [-0.39, 0.29) is 23.9 Å². The van der Waals surface area contributed by atoms with E-state index in [2.05, 4.69) is 15.9 Å². The van der Waals surface area contributed by atoms with Gasteiger partial charge in [-0.1, -0.05) is 15.9 Å². The molecule has 14 heavy (non-hydrogen) atoms. The van der Waals surface area contributed by atoms with Gasteiger partial charge in [0.2, 0.25) is 5.90 Å². The highest BCUT2D eigenvalue weighted by Gasteiger charge is 2.08. The summed E-state index contributed by atoms with van der Waals surface area (Å²) in [5, 5.41) is 7.36. The first-order chi connectivity index (χ1) is 6.15. The van der Waals surface area contributed by atoms with Crippen molar-refractivity contribution in [1.29, 1.82) is 5.41 Å². The second-order valence-electron chi connectivity index (χ2n) is 2.39. The molecule has 0 amide bonds. The lowest BCUT2D eigenvalue weighted by Gasteiger charge is -2.05. The molecule has 1 aromatic rings. The number of nitrogens with one attached hydrogen (secondary N) is 1. The second kappa shape index (κ2) is 5.98. The number of hydrogen-bond acceptors (Lipinski definition) is 2. The summed E-state index contributed by atoms with van der Waals surface area (Å²) >= 11 is 3.13. The molecule has 78 valence electrons. The first-order valence-electron chi connectivity index (χ1n) is 3.82. The number of benzene rings is 1. The van der Waals surface area contributed by atoms with Gasteiger partial charge in [0.1, 0.15) is 5.82 Å². The van der Waals surface area contributed by atoms with Crippen molar-refractivity contribution in [3.63, 3.8) is 0 Å². The molecule has 2 nitrogen and oxygen atoms in total. The zero-order valence-electron chi connectivity index (χ0n) is 7.51. The van der Waals surface area contributed by atoms with Crippen LogP contribution in [0.3, 0.4) is 0 Å². The van der Waals surface area contributed by atoms with Crippen LogP contribution in [0.4, 0.5) is 4.39 Å². The van der Waals surface area contributed by atoms with Crippen LogP contribution in [0.2, 0.25) is 0 Å². The van der Waals surface area contributed by atoms with Crippen molar-refractivity contribution in [3.8, 4) is 0 Å². The molecule has 0 unspecified atom stereocenters. The third kappa shape index (κ3) is 3.27. The number of ether oxygens (including phenoxy) is 1. The topological polar surface area (TPSA) is 33.1 Å². The van der Waals surface area contributed by atoms with E-state index >= 15 is 0 Å². The molecule has 1 rings (SSSR count). The van der Waals surface area contributed by atoms with Crippen molar-refractivity contribution in [2.45, 2.75) is 6.92 Å². The molecule has 5 heteroatoms. The lowest BCUT2D eigenvalue weighted by molar-refractivity contribution is 0.324. The van der Waals surface area contributed by atoms with E-state index in [1.165, 1.54) is 12.1 Å². The van der Waals surface area contributed by atoms with Gasteiger partial charge >= 0.3 is 0 Å². The second-order valence-corrected chi connectivity index (χ2v) is 3.30. The van der Waals surface area contributed by atoms with Crippen LogP contribution in [0.25, 0.3) is 0 Å². The van der Waals surface area contributed by atoms with E-state index in [9.17, 15) is 4.39 Å². The van der Waals surface area contributed by atoms with Gasteiger partial charge in [-0.3, -0.25) is 5.41 Å². The first kappa shape index (κ1) is 13.4. The molecule has 0 aliphatic rings. The van der Waals surface area contributed by atoms with Gasteiger partial charge in [0.25, 0.3) is 0 Å². The van der Waals surface area contributed by atoms with E-state index in [0.717, 1.165) is 0 Å². The van der Waals surface area contributed by atoms with Gasteiger partial charge in [-0.25, -0.2) is 4.39 Å². The minimum atomic E-state index is -0.451. The molecule has 1 N–H and O–H groups in total. The van der Waals surface area contributed by atoms with Crippen molar-refractivity contribution in [1.82, 2.24) is 0 Å². The van der Waals surface area contributed by atoms with Gasteiger partial charge in [-0.15, -0.1) is 12.4 Å². The summed E-state index contributed by atoms with van der Waals surface area (Å²) in [5.41, 5.74) is 0.185. The Bertz CT molecular complexity index is 333. The number of rotatable bonds is 2. The van der Waals surface area contributed by atoms with E-state index in [0.29, 0.717) is 11.1 Å². The molecule has 0 bridgehead atoms. The first-order valence-corrected chi connectivity index (χ1v) is 4.61. The maximum Gasteiger partial charge on any atom is 0.216 e. The van der Waals surface area contributed by atoms with Gasteiger partial charge in [-0.2, -0.15) is 0 Å². The molecule has 0 aromatic heterocycles. The van der Waals surface area contributed by atoms with E-state index in [4.69, 9.17) is 10.1 Å². The van der Waals surface area contributed by atoms with Crippen LogP contribution < -0.4 is 0 Å². The molecule has 0 heterocycles. The van der Waals surface area contributed by atoms with Gasteiger partial charge in [0.05, 0.1) is 12.2 Å². The van der Waals surface area contributed by atoms with Crippen LogP contribution in [0, 0.1) is 11.2 Å². The molecule has 1 aromatic carbocycles. The molecule has 0 fully saturated rings. The van der Waals surface area contributed by atoms with Crippen molar-refractivity contribution in [3.05, 3.63) is 34.1 Å². The van der Waals surface area contributed by atoms with E-state index < -0.39 is 5.82 Å². The summed E-state index contributed by atoms with van der Waals surface area (Å²) in [6.45, 7) is 2.12. The average Bonchev–Trinajstić information content (AvgIpc) is 2.04. The van der Waals surface area contributed by atoms with Crippen LogP contribution >= 0.6 is 28.3 Å². The van der Waals surface area contributed by atoms with Crippen molar-refractivity contribution in [2.75, 3.05) is 6.61 Å². The zero-order valence-corrected chi connectivity index (χ0v) is 9.91. The molecular formula is C9H10BrClFNO. The predicted molar refractivity (Wildman–Crippen MR) is 59.8 cm³/mol. The Kier molecular flexibility index (Phi) is 5.72. The van der Waals surface area contributed by atoms with Gasteiger partial charge < -0.3 is 4.74 Å². The highest BCUT2D eigenvalue weighted by Crippen LogP contribution is 2.15. The summed E-state index contributed by atoms with van der Waals surface area (Å²) in [6, 6.07) is 4.49. The van der Waals surface area contributed by atoms with Crippen LogP contribution in [-0.2, 0) is 4.74 Å². The smallest absolute Gasteiger partial charge is 0.216 e. The highest BCUT2D eigenvalue weighted by atomic mass is 79.9. The fourth-order valence-electron chi connectivity index (χ4n) is 0.896. The summed E-state index contributed by atoms with van der Waals surface area (Å²) in [4.78, 5) is 0. The minimum absolute atomic E-state index is 0. The van der Waals surface area contributed by atoms with Crippen molar-refractivity contribution in [2.24, 2.45) is 0 Å². The summed E-state index contributed by atoms with van der Waals surface area (Å²) in [5.74, 6) is -0.583. The highest BCUT2D eigenvalue weighted by molar-refractivity contribution is 9.10. The Balaban J connectivity index is 0.00000169. The Labute approximate surface area is 96.5 Å². The standard InChI is InChI=1S/C9H9BrFNO.ClH/c1-2-13-9(12)7-4-3-6(10)5-8(7)11;/h3-5,12H,2H2,1H3;1H. The van der Waals surface area contributed by atoms with Crippen molar-refractivity contribution < 1.29 is 9.13 Å². The SMILES string of the molecule is CCOC(=N)c1ccc(Br)cc1F.Cl. The van der Waals surface area contributed by atoms with E-state index in [1.54, 1.807) is 13.0 Å². The molecular weight excluding hydrogens is 272 g/mol. The fraction of sp³-hybridized carbons (Fsp3) is 0.222. The molecule has 0 aliphatic heterocycles. The van der Waals surface area contributed by atoms with Gasteiger partial charge in [0, 0.05) is 4.47 Å². The van der Waals surface area contributed by atoms with Gasteiger partial charge in [-0.05, 0) is 25.1 Å². The molecule has 0 aliphatic carbocycles. The monoisotopic (exact) mass is 281 g/mol. The Morgan fingerprint density at radius 1 is 1.57 bits per heavy atom. The van der Waals surface area contributed by atoms with Crippen LogP contribution in [-0.4, -0.2) is 12.5 Å². The third-order valence-electron chi connectivity index (χ3n) is 1.46. The summed E-state index contributed by atoms with van der Waals surface area (Å²) in [6.07, 6.45) is 0. The molecule has 0 saturated carbocycles. The minimum Gasteiger partial charge on any atom is -0.478 e. The Morgan fingerprint density at radius 3 is 2.71 bits per heavy atom.